The maximum absolute atomic E-state index is 13.5. The number of halogens is 2. The number of nitro benzene ring substituents is 2. The van der Waals surface area contributed by atoms with Crippen molar-refractivity contribution in [1.29, 1.82) is 0 Å². The van der Waals surface area contributed by atoms with Gasteiger partial charge in [0, 0.05) is 38.7 Å². The zero-order valence-corrected chi connectivity index (χ0v) is 23.3. The highest BCUT2D eigenvalue weighted by Gasteiger charge is 2.24. The van der Waals surface area contributed by atoms with Crippen LogP contribution in [-0.4, -0.2) is 25.7 Å². The van der Waals surface area contributed by atoms with Crippen molar-refractivity contribution in [3.8, 4) is 5.75 Å². The molecule has 0 spiro atoms. The summed E-state index contributed by atoms with van der Waals surface area (Å²) in [4.78, 5) is 39.9. The van der Waals surface area contributed by atoms with Crippen molar-refractivity contribution in [3.63, 3.8) is 0 Å². The molecule has 4 rings (SSSR count). The van der Waals surface area contributed by atoms with Gasteiger partial charge in [-0.25, -0.2) is 4.98 Å². The Morgan fingerprint density at radius 1 is 1.10 bits per heavy atom. The van der Waals surface area contributed by atoms with E-state index in [-0.39, 0.29) is 28.6 Å². The SMILES string of the molecule is CC(C)(C)c1nc2ccc(Br)cc2c(=O)n1N=Cc1cc(Cl)cc([N+](=O)[O-])c1OCc1cccc([N+](=O)[O-])c1. The molecule has 0 saturated heterocycles. The molecule has 0 radical (unpaired) electrons. The molecule has 0 saturated carbocycles. The molecule has 0 aliphatic heterocycles. The maximum atomic E-state index is 13.5. The zero-order chi connectivity index (χ0) is 28.5. The van der Waals surface area contributed by atoms with Crippen molar-refractivity contribution in [2.75, 3.05) is 0 Å². The van der Waals surface area contributed by atoms with Gasteiger partial charge in [0.2, 0.25) is 5.75 Å². The summed E-state index contributed by atoms with van der Waals surface area (Å²) in [6.07, 6.45) is 1.24. The number of fused-ring (bicyclic) bond motifs is 1. The number of hydrogen-bond acceptors (Lipinski definition) is 8. The highest BCUT2D eigenvalue weighted by Crippen LogP contribution is 2.34. The summed E-state index contributed by atoms with van der Waals surface area (Å²) in [6.45, 7) is 5.43. The minimum absolute atomic E-state index is 0.0507. The lowest BCUT2D eigenvalue weighted by atomic mass is 9.95. The van der Waals surface area contributed by atoms with E-state index in [0.29, 0.717) is 26.8 Å². The van der Waals surface area contributed by atoms with Crippen molar-refractivity contribution in [2.24, 2.45) is 5.10 Å². The summed E-state index contributed by atoms with van der Waals surface area (Å²) >= 11 is 9.53. The first-order valence-corrected chi connectivity index (χ1v) is 12.6. The molecule has 0 atom stereocenters. The van der Waals surface area contributed by atoms with Crippen LogP contribution >= 0.6 is 27.5 Å². The van der Waals surface area contributed by atoms with Crippen LogP contribution in [0.3, 0.4) is 0 Å². The van der Waals surface area contributed by atoms with Crippen LogP contribution in [-0.2, 0) is 12.0 Å². The molecule has 0 fully saturated rings. The molecule has 0 N–H and O–H groups in total. The van der Waals surface area contributed by atoms with Crippen LogP contribution in [0.15, 0.2) is 69.0 Å². The fraction of sp³-hybridized carbons (Fsp3) is 0.192. The van der Waals surface area contributed by atoms with Crippen molar-refractivity contribution < 1.29 is 14.6 Å². The van der Waals surface area contributed by atoms with Crippen molar-refractivity contribution >= 4 is 56.0 Å². The molecule has 11 nitrogen and oxygen atoms in total. The standard InChI is InChI=1S/C26H21BrClN5O6/c1-26(2,3)25-30-21-8-7-17(27)11-20(21)24(34)31(25)29-13-16-10-18(28)12-22(33(37)38)23(16)39-14-15-5-4-6-19(9-15)32(35)36/h4-13H,14H2,1-3H3. The second-order valence-corrected chi connectivity index (χ2v) is 10.9. The molecule has 39 heavy (non-hydrogen) atoms. The van der Waals surface area contributed by atoms with E-state index >= 15 is 0 Å². The van der Waals surface area contributed by atoms with Crippen LogP contribution in [0.4, 0.5) is 11.4 Å². The van der Waals surface area contributed by atoms with E-state index in [9.17, 15) is 25.0 Å². The van der Waals surface area contributed by atoms with Gasteiger partial charge < -0.3 is 4.74 Å². The van der Waals surface area contributed by atoms with Gasteiger partial charge in [0.25, 0.3) is 11.2 Å². The fourth-order valence-corrected chi connectivity index (χ4v) is 4.35. The number of hydrogen-bond donors (Lipinski definition) is 0. The highest BCUT2D eigenvalue weighted by molar-refractivity contribution is 9.10. The summed E-state index contributed by atoms with van der Waals surface area (Å²) < 4.78 is 7.62. The Bertz CT molecular complexity index is 1710. The minimum atomic E-state index is -0.659. The molecular weight excluding hydrogens is 594 g/mol. The molecule has 0 aliphatic rings. The summed E-state index contributed by atoms with van der Waals surface area (Å²) in [6, 6.07) is 13.4. The smallest absolute Gasteiger partial charge is 0.313 e. The molecule has 1 heterocycles. The molecule has 3 aromatic carbocycles. The van der Waals surface area contributed by atoms with Crippen LogP contribution < -0.4 is 10.3 Å². The van der Waals surface area contributed by atoms with Gasteiger partial charge in [-0.2, -0.15) is 9.78 Å². The van der Waals surface area contributed by atoms with Gasteiger partial charge >= 0.3 is 5.69 Å². The normalized spacial score (nSPS) is 11.7. The molecule has 1 aromatic heterocycles. The zero-order valence-electron chi connectivity index (χ0n) is 20.9. The second-order valence-electron chi connectivity index (χ2n) is 9.52. The monoisotopic (exact) mass is 613 g/mol. The number of nitrogens with zero attached hydrogens (tertiary/aromatic N) is 5. The van der Waals surface area contributed by atoms with Crippen LogP contribution in [0.25, 0.3) is 10.9 Å². The molecule has 0 bridgehead atoms. The van der Waals surface area contributed by atoms with Crippen molar-refractivity contribution in [3.05, 3.63) is 112 Å². The van der Waals surface area contributed by atoms with E-state index in [0.717, 1.165) is 10.7 Å². The number of nitro groups is 2. The fourth-order valence-electron chi connectivity index (χ4n) is 3.77. The number of ether oxygens (including phenoxy) is 1. The lowest BCUT2D eigenvalue weighted by molar-refractivity contribution is -0.386. The van der Waals surface area contributed by atoms with Gasteiger partial charge in [0.15, 0.2) is 0 Å². The predicted octanol–water partition coefficient (Wildman–Crippen LogP) is 6.39. The first-order valence-electron chi connectivity index (χ1n) is 11.5. The van der Waals surface area contributed by atoms with Crippen LogP contribution in [0, 0.1) is 20.2 Å². The quantitative estimate of drug-likeness (QED) is 0.133. The number of non-ortho nitro benzene ring substituents is 1. The molecule has 0 amide bonds. The van der Waals surface area contributed by atoms with E-state index in [4.69, 9.17) is 16.3 Å². The first-order chi connectivity index (χ1) is 18.3. The Morgan fingerprint density at radius 2 is 1.85 bits per heavy atom. The van der Waals surface area contributed by atoms with E-state index in [2.05, 4.69) is 26.0 Å². The van der Waals surface area contributed by atoms with Crippen LogP contribution in [0.2, 0.25) is 5.02 Å². The lowest BCUT2D eigenvalue weighted by Gasteiger charge is -2.21. The minimum Gasteiger partial charge on any atom is -0.481 e. The third kappa shape index (κ3) is 6.13. The molecular formula is C26H21BrClN5O6. The lowest BCUT2D eigenvalue weighted by Crippen LogP contribution is -2.29. The molecule has 200 valence electrons. The third-order valence-corrected chi connectivity index (χ3v) is 6.27. The summed E-state index contributed by atoms with van der Waals surface area (Å²) in [5.74, 6) is 0.204. The van der Waals surface area contributed by atoms with Gasteiger partial charge in [-0.05, 0) is 29.8 Å². The molecule has 4 aromatic rings. The summed E-state index contributed by atoms with van der Waals surface area (Å²) in [5, 5.41) is 27.7. The Labute approximate surface area is 235 Å². The van der Waals surface area contributed by atoms with E-state index in [1.165, 1.54) is 30.5 Å². The Balaban J connectivity index is 1.84. The predicted molar refractivity (Wildman–Crippen MR) is 151 cm³/mol. The Hall–Kier alpha value is -4.16. The van der Waals surface area contributed by atoms with Crippen LogP contribution in [0.5, 0.6) is 5.75 Å². The summed E-state index contributed by atoms with van der Waals surface area (Å²) in [5.41, 5.74) is -0.546. The van der Waals surface area contributed by atoms with Crippen molar-refractivity contribution in [1.82, 2.24) is 9.66 Å². The average molecular weight is 615 g/mol. The highest BCUT2D eigenvalue weighted by atomic mass is 79.9. The van der Waals surface area contributed by atoms with Gasteiger partial charge in [0.05, 0.1) is 27.0 Å². The van der Waals surface area contributed by atoms with Gasteiger partial charge in [0.1, 0.15) is 12.4 Å². The Morgan fingerprint density at radius 3 is 2.51 bits per heavy atom. The van der Waals surface area contributed by atoms with Crippen molar-refractivity contribution in [2.45, 2.75) is 32.8 Å². The second kappa shape index (κ2) is 10.9. The number of aromatic nitrogens is 2. The van der Waals surface area contributed by atoms with Gasteiger partial charge in [-0.1, -0.05) is 60.4 Å². The van der Waals surface area contributed by atoms with Gasteiger partial charge in [-0.15, -0.1) is 0 Å². The van der Waals surface area contributed by atoms with Gasteiger partial charge in [-0.3, -0.25) is 25.0 Å². The van der Waals surface area contributed by atoms with E-state index in [1.807, 2.05) is 20.8 Å². The van der Waals surface area contributed by atoms with Crippen LogP contribution in [0.1, 0.15) is 37.7 Å². The van der Waals surface area contributed by atoms with E-state index in [1.54, 1.807) is 24.3 Å². The maximum Gasteiger partial charge on any atom is 0.313 e. The largest absolute Gasteiger partial charge is 0.481 e. The molecule has 0 aliphatic carbocycles. The molecule has 13 heteroatoms. The first kappa shape index (κ1) is 27.9. The number of benzene rings is 3. The summed E-state index contributed by atoms with van der Waals surface area (Å²) in [7, 11) is 0. The Kier molecular flexibility index (Phi) is 7.79. The third-order valence-electron chi connectivity index (χ3n) is 5.56. The topological polar surface area (TPSA) is 143 Å². The van der Waals surface area contributed by atoms with E-state index < -0.39 is 26.5 Å². The number of rotatable bonds is 7. The molecule has 0 unspecified atom stereocenters. The average Bonchev–Trinajstić information content (AvgIpc) is 2.86.